The first kappa shape index (κ1) is 20.1. The number of likely N-dealkylation sites (tertiary alicyclic amines) is 1. The van der Waals surface area contributed by atoms with Gasteiger partial charge in [-0.2, -0.15) is 0 Å². The number of aryl methyl sites for hydroxylation is 1. The van der Waals surface area contributed by atoms with E-state index in [4.69, 9.17) is 11.6 Å². The number of rotatable bonds is 6. The third-order valence-electron chi connectivity index (χ3n) is 5.37. The van der Waals surface area contributed by atoms with E-state index in [9.17, 15) is 9.59 Å². The van der Waals surface area contributed by atoms with E-state index in [2.05, 4.69) is 20.9 Å². The molecule has 0 spiro atoms. The maximum absolute atomic E-state index is 12.3. The fourth-order valence-corrected chi connectivity index (χ4v) is 3.99. The van der Waals surface area contributed by atoms with Crippen LogP contribution < -0.4 is 16.0 Å². The van der Waals surface area contributed by atoms with Crippen molar-refractivity contribution in [1.82, 2.24) is 15.5 Å². The lowest BCUT2D eigenvalue weighted by Gasteiger charge is -2.32. The third kappa shape index (κ3) is 5.92. The van der Waals surface area contributed by atoms with Crippen LogP contribution in [0.25, 0.3) is 0 Å². The fourth-order valence-electron chi connectivity index (χ4n) is 3.81. The maximum Gasteiger partial charge on any atom is 0.238 e. The summed E-state index contributed by atoms with van der Waals surface area (Å²) >= 11 is 6.11. The molecule has 2 fully saturated rings. The number of benzene rings is 1. The van der Waals surface area contributed by atoms with Crippen LogP contribution in [0.4, 0.5) is 5.69 Å². The summed E-state index contributed by atoms with van der Waals surface area (Å²) in [6, 6.07) is 5.51. The maximum atomic E-state index is 12.3. The molecule has 2 amide bonds. The molecule has 3 N–H and O–H groups in total. The van der Waals surface area contributed by atoms with Gasteiger partial charge in [0.25, 0.3) is 0 Å². The molecule has 0 aromatic heterocycles. The van der Waals surface area contributed by atoms with Gasteiger partial charge in [0, 0.05) is 23.8 Å². The zero-order chi connectivity index (χ0) is 19.2. The van der Waals surface area contributed by atoms with E-state index in [-0.39, 0.29) is 17.9 Å². The Morgan fingerprint density at radius 2 is 2.15 bits per heavy atom. The van der Waals surface area contributed by atoms with Crippen molar-refractivity contribution in [1.29, 1.82) is 0 Å². The summed E-state index contributed by atoms with van der Waals surface area (Å²) in [6.45, 7) is 5.65. The molecule has 2 aliphatic heterocycles. The Morgan fingerprint density at radius 1 is 1.30 bits per heavy atom. The van der Waals surface area contributed by atoms with Crippen molar-refractivity contribution < 1.29 is 9.59 Å². The normalized spacial score (nSPS) is 23.2. The molecule has 0 aliphatic carbocycles. The molecule has 3 rings (SSSR count). The second-order valence-corrected chi connectivity index (χ2v) is 8.06. The van der Waals surface area contributed by atoms with Crippen LogP contribution in [0.15, 0.2) is 18.2 Å². The third-order valence-corrected chi connectivity index (χ3v) is 5.77. The Kier molecular flexibility index (Phi) is 7.10. The molecule has 2 saturated heterocycles. The molecule has 0 saturated carbocycles. The van der Waals surface area contributed by atoms with Gasteiger partial charge < -0.3 is 16.0 Å². The molecule has 0 bridgehead atoms. The van der Waals surface area contributed by atoms with Gasteiger partial charge in [0.1, 0.15) is 0 Å². The van der Waals surface area contributed by atoms with E-state index in [1.54, 1.807) is 6.07 Å². The van der Waals surface area contributed by atoms with Crippen LogP contribution in [-0.2, 0) is 9.59 Å². The molecule has 0 radical (unpaired) electrons. The first-order valence-corrected chi connectivity index (χ1v) is 10.2. The largest absolute Gasteiger partial charge is 0.354 e. The van der Waals surface area contributed by atoms with E-state index < -0.39 is 0 Å². The average Bonchev–Trinajstić information content (AvgIpc) is 3.18. The van der Waals surface area contributed by atoms with E-state index in [1.807, 2.05) is 19.1 Å². The zero-order valence-corrected chi connectivity index (χ0v) is 16.6. The monoisotopic (exact) mass is 392 g/mol. The number of carbonyl (C=O) groups excluding carboxylic acids is 2. The van der Waals surface area contributed by atoms with Crippen LogP contribution >= 0.6 is 11.6 Å². The van der Waals surface area contributed by atoms with E-state index >= 15 is 0 Å². The van der Waals surface area contributed by atoms with Gasteiger partial charge in [-0.15, -0.1) is 0 Å². The smallest absolute Gasteiger partial charge is 0.238 e. The molecule has 2 aliphatic rings. The first-order chi connectivity index (χ1) is 13.0. The lowest BCUT2D eigenvalue weighted by Crippen LogP contribution is -2.46. The predicted molar refractivity (Wildman–Crippen MR) is 108 cm³/mol. The predicted octanol–water partition coefficient (Wildman–Crippen LogP) is 2.17. The first-order valence-electron chi connectivity index (χ1n) is 9.80. The van der Waals surface area contributed by atoms with Gasteiger partial charge in [-0.3, -0.25) is 14.5 Å². The van der Waals surface area contributed by atoms with E-state index in [0.717, 1.165) is 56.6 Å². The number of carbonyl (C=O) groups is 2. The Morgan fingerprint density at radius 3 is 2.89 bits per heavy atom. The van der Waals surface area contributed by atoms with Gasteiger partial charge in [0.15, 0.2) is 0 Å². The minimum Gasteiger partial charge on any atom is -0.354 e. The van der Waals surface area contributed by atoms with Crippen LogP contribution in [0.1, 0.15) is 31.2 Å². The second kappa shape index (κ2) is 9.53. The number of halogens is 1. The summed E-state index contributed by atoms with van der Waals surface area (Å²) in [4.78, 5) is 26.7. The highest BCUT2D eigenvalue weighted by molar-refractivity contribution is 6.31. The molecule has 1 aromatic rings. The molecule has 6 nitrogen and oxygen atoms in total. The van der Waals surface area contributed by atoms with Crippen molar-refractivity contribution in [2.24, 2.45) is 5.92 Å². The minimum absolute atomic E-state index is 0.0307. The summed E-state index contributed by atoms with van der Waals surface area (Å²) < 4.78 is 0. The Labute approximate surface area is 166 Å². The summed E-state index contributed by atoms with van der Waals surface area (Å²) in [5, 5.41) is 9.87. The van der Waals surface area contributed by atoms with Gasteiger partial charge in [-0.05, 0) is 69.3 Å². The van der Waals surface area contributed by atoms with Crippen LogP contribution in [0.3, 0.4) is 0 Å². The second-order valence-electron chi connectivity index (χ2n) is 7.65. The van der Waals surface area contributed by atoms with Gasteiger partial charge in [-0.25, -0.2) is 0 Å². The molecule has 1 aromatic carbocycles. The molecule has 2 atom stereocenters. The lowest BCUT2D eigenvalue weighted by atomic mass is 9.98. The molecular formula is C20H29ClN4O2. The zero-order valence-electron chi connectivity index (χ0n) is 15.9. The van der Waals surface area contributed by atoms with E-state index in [0.29, 0.717) is 24.0 Å². The van der Waals surface area contributed by atoms with Gasteiger partial charge in [-0.1, -0.05) is 17.7 Å². The number of anilines is 1. The van der Waals surface area contributed by atoms with Gasteiger partial charge in [0.05, 0.1) is 12.6 Å². The standard InChI is InChI=1S/C20H29ClN4O2/c1-14-6-7-16(10-17(14)21)24-19(26)13-25-9-3-4-15(12-25)11-23-20(27)18-5-2-8-22-18/h6-7,10,15,18,22H,2-5,8-9,11-13H2,1H3,(H,23,27)(H,24,26). The molecule has 27 heavy (non-hydrogen) atoms. The number of hydrogen-bond donors (Lipinski definition) is 3. The molecule has 7 heteroatoms. The summed E-state index contributed by atoms with van der Waals surface area (Å²) in [5.74, 6) is 0.471. The van der Waals surface area contributed by atoms with Crippen molar-refractivity contribution in [3.63, 3.8) is 0 Å². The van der Waals surface area contributed by atoms with Gasteiger partial charge >= 0.3 is 0 Å². The van der Waals surface area contributed by atoms with Crippen molar-refractivity contribution in [2.75, 3.05) is 38.0 Å². The summed E-state index contributed by atoms with van der Waals surface area (Å²) in [7, 11) is 0. The van der Waals surface area contributed by atoms with Gasteiger partial charge in [0.2, 0.25) is 11.8 Å². The Balaban J connectivity index is 1.42. The van der Waals surface area contributed by atoms with Crippen LogP contribution in [0, 0.1) is 12.8 Å². The molecular weight excluding hydrogens is 364 g/mol. The SMILES string of the molecule is Cc1ccc(NC(=O)CN2CCCC(CNC(=O)C3CCCN3)C2)cc1Cl. The molecule has 2 unspecified atom stereocenters. The highest BCUT2D eigenvalue weighted by Gasteiger charge is 2.25. The van der Waals surface area contributed by atoms with Crippen LogP contribution in [0.5, 0.6) is 0 Å². The quantitative estimate of drug-likeness (QED) is 0.693. The van der Waals surface area contributed by atoms with Crippen molar-refractivity contribution >= 4 is 29.1 Å². The topological polar surface area (TPSA) is 73.5 Å². The number of nitrogens with zero attached hydrogens (tertiary/aromatic N) is 1. The minimum atomic E-state index is -0.0326. The molecule has 148 valence electrons. The number of hydrogen-bond acceptors (Lipinski definition) is 4. The van der Waals surface area contributed by atoms with Crippen LogP contribution in [-0.4, -0.2) is 55.5 Å². The highest BCUT2D eigenvalue weighted by atomic mass is 35.5. The number of amides is 2. The number of nitrogens with one attached hydrogen (secondary N) is 3. The Hall–Kier alpha value is -1.63. The summed E-state index contributed by atoms with van der Waals surface area (Å²) in [6.07, 6.45) is 4.12. The highest BCUT2D eigenvalue weighted by Crippen LogP contribution is 2.20. The number of piperidine rings is 1. The van der Waals surface area contributed by atoms with Crippen molar-refractivity contribution in [2.45, 2.75) is 38.6 Å². The average molecular weight is 393 g/mol. The Bertz CT molecular complexity index is 676. The fraction of sp³-hybridized carbons (Fsp3) is 0.600. The summed E-state index contributed by atoms with van der Waals surface area (Å²) in [5.41, 5.74) is 1.71. The van der Waals surface area contributed by atoms with E-state index in [1.165, 1.54) is 0 Å². The van der Waals surface area contributed by atoms with Crippen molar-refractivity contribution in [3.8, 4) is 0 Å². The van der Waals surface area contributed by atoms with Crippen LogP contribution in [0.2, 0.25) is 5.02 Å². The van der Waals surface area contributed by atoms with Crippen molar-refractivity contribution in [3.05, 3.63) is 28.8 Å². The molecule has 2 heterocycles. The lowest BCUT2D eigenvalue weighted by molar-refractivity contribution is -0.123.